The van der Waals surface area contributed by atoms with E-state index >= 15 is 4.39 Å². The van der Waals surface area contributed by atoms with E-state index in [1.807, 2.05) is 0 Å². The molecule has 1 amide bonds. The Hall–Kier alpha value is -1.68. The summed E-state index contributed by atoms with van der Waals surface area (Å²) in [4.78, 5) is 16.4. The van der Waals surface area contributed by atoms with E-state index in [1.54, 1.807) is 0 Å². The second kappa shape index (κ2) is 7.62. The molecule has 0 aromatic carbocycles. The summed E-state index contributed by atoms with van der Waals surface area (Å²) in [6.45, 7) is 0. The number of nitrogens with one attached hydrogen (secondary N) is 1. The molecule has 0 radical (unpaired) electrons. The molecule has 3 rings (SSSR count). The highest BCUT2D eigenvalue weighted by molar-refractivity contribution is 7.89. The van der Waals surface area contributed by atoms with E-state index in [1.165, 1.54) is 6.07 Å². The number of rotatable bonds is 4. The minimum absolute atomic E-state index is 0.0552. The summed E-state index contributed by atoms with van der Waals surface area (Å²) in [5, 5.41) is 7.02. The summed E-state index contributed by atoms with van der Waals surface area (Å²) in [6.07, 6.45) is 2.74. The maximum Gasteiger partial charge on any atom is 0.255 e. The molecule has 2 saturated carbocycles. The van der Waals surface area contributed by atoms with Crippen molar-refractivity contribution in [3.8, 4) is 0 Å². The van der Waals surface area contributed by atoms with Gasteiger partial charge in [-0.05, 0) is 25.3 Å². The molecule has 0 aliphatic heterocycles. The van der Waals surface area contributed by atoms with Crippen LogP contribution < -0.4 is 10.5 Å². The molecule has 0 spiro atoms. The second-order valence-electron chi connectivity index (χ2n) is 7.82. The number of nitrogens with two attached hydrogens (primary N) is 1. The summed E-state index contributed by atoms with van der Waals surface area (Å²) in [6, 6.07) is 2.38. The van der Waals surface area contributed by atoms with Crippen molar-refractivity contribution in [2.24, 2.45) is 17.0 Å². The van der Waals surface area contributed by atoms with Crippen molar-refractivity contribution < 1.29 is 26.4 Å². The van der Waals surface area contributed by atoms with Crippen LogP contribution in [0.15, 0.2) is 23.4 Å². The van der Waals surface area contributed by atoms with E-state index in [-0.39, 0.29) is 24.9 Å². The molecule has 0 saturated heterocycles. The zero-order chi connectivity index (χ0) is 20.6. The van der Waals surface area contributed by atoms with Gasteiger partial charge in [0.05, 0.1) is 0 Å². The number of hydrogen-bond acceptors (Lipinski definition) is 4. The number of sulfonamides is 1. The number of carbonyl (C=O) groups is 1. The Morgan fingerprint density at radius 1 is 1.18 bits per heavy atom. The zero-order valence-electron chi connectivity index (χ0n) is 15.3. The van der Waals surface area contributed by atoms with Gasteiger partial charge in [-0.15, -0.1) is 0 Å². The molecule has 3 N–H and O–H groups in total. The summed E-state index contributed by atoms with van der Waals surface area (Å²) >= 11 is 0. The van der Waals surface area contributed by atoms with Crippen molar-refractivity contribution in [2.45, 2.75) is 68.0 Å². The van der Waals surface area contributed by atoms with Crippen LogP contribution in [0, 0.1) is 11.8 Å². The highest BCUT2D eigenvalue weighted by atomic mass is 32.2. The summed E-state index contributed by atoms with van der Waals surface area (Å²) in [7, 11) is -4.08. The van der Waals surface area contributed by atoms with Crippen molar-refractivity contribution in [3.05, 3.63) is 18.3 Å². The summed E-state index contributed by atoms with van der Waals surface area (Å²) in [5.74, 6) is -5.75. The van der Waals surface area contributed by atoms with Gasteiger partial charge in [-0.1, -0.05) is 19.3 Å². The number of primary sulfonamides is 1. The Kier molecular flexibility index (Phi) is 5.73. The van der Waals surface area contributed by atoms with E-state index in [2.05, 4.69) is 10.3 Å². The smallest absolute Gasteiger partial charge is 0.255 e. The van der Waals surface area contributed by atoms with E-state index < -0.39 is 57.2 Å². The highest BCUT2D eigenvalue weighted by Gasteiger charge is 2.53. The Bertz CT molecular complexity index is 841. The molecule has 0 unspecified atom stereocenters. The lowest BCUT2D eigenvalue weighted by Gasteiger charge is -2.44. The molecule has 2 aliphatic carbocycles. The number of carbonyl (C=O) groups excluding carboxylic acids is 1. The number of amides is 1. The number of pyridine rings is 1. The lowest BCUT2D eigenvalue weighted by Crippen LogP contribution is -2.49. The Morgan fingerprint density at radius 3 is 2.50 bits per heavy atom. The topological polar surface area (TPSA) is 102 Å². The van der Waals surface area contributed by atoms with E-state index in [0.29, 0.717) is 12.8 Å². The fraction of sp³-hybridized carbons (Fsp3) is 0.667. The molecule has 1 aromatic heterocycles. The minimum Gasteiger partial charge on any atom is -0.326 e. The fourth-order valence-corrected chi connectivity index (χ4v) is 4.92. The van der Waals surface area contributed by atoms with Gasteiger partial charge in [-0.2, -0.15) is 0 Å². The molecule has 28 heavy (non-hydrogen) atoms. The first-order chi connectivity index (χ1) is 13.0. The molecule has 2 aliphatic rings. The van der Waals surface area contributed by atoms with E-state index in [0.717, 1.165) is 18.7 Å². The zero-order valence-corrected chi connectivity index (χ0v) is 16.2. The summed E-state index contributed by atoms with van der Waals surface area (Å²) in [5.41, 5.74) is -1.56. The molecular weight excluding hydrogens is 395 g/mol. The summed E-state index contributed by atoms with van der Waals surface area (Å²) < 4.78 is 66.4. The third kappa shape index (κ3) is 4.65. The van der Waals surface area contributed by atoms with Crippen molar-refractivity contribution in [1.29, 1.82) is 0 Å². The third-order valence-corrected chi connectivity index (χ3v) is 6.61. The monoisotopic (exact) mass is 419 g/mol. The predicted molar refractivity (Wildman–Crippen MR) is 96.9 cm³/mol. The second-order valence-corrected chi connectivity index (χ2v) is 9.33. The fourth-order valence-electron chi connectivity index (χ4n) is 4.42. The SMILES string of the molecule is NS(=O)(=O)c1cc(NC(=O)[C@@H]2CC(F)(F)CC[C@H]2C2(F)CCCCC2)ccn1. The van der Waals surface area contributed by atoms with Gasteiger partial charge in [0.15, 0.2) is 5.03 Å². The van der Waals surface area contributed by atoms with Crippen molar-refractivity contribution in [1.82, 2.24) is 4.98 Å². The predicted octanol–water partition coefficient (Wildman–Crippen LogP) is 3.39. The van der Waals surface area contributed by atoms with Crippen LogP contribution in [-0.2, 0) is 14.8 Å². The third-order valence-electron chi connectivity index (χ3n) is 5.81. The van der Waals surface area contributed by atoms with Gasteiger partial charge in [-0.3, -0.25) is 4.79 Å². The minimum atomic E-state index is -4.08. The lowest BCUT2D eigenvalue weighted by molar-refractivity contribution is -0.142. The Balaban J connectivity index is 1.84. The van der Waals surface area contributed by atoms with Crippen molar-refractivity contribution in [3.63, 3.8) is 0 Å². The van der Waals surface area contributed by atoms with Crippen LogP contribution in [0.1, 0.15) is 51.4 Å². The number of hydrogen-bond donors (Lipinski definition) is 2. The van der Waals surface area contributed by atoms with Gasteiger partial charge < -0.3 is 5.32 Å². The van der Waals surface area contributed by atoms with Gasteiger partial charge in [0.25, 0.3) is 10.0 Å². The molecule has 156 valence electrons. The highest BCUT2D eigenvalue weighted by Crippen LogP contribution is 2.50. The standard InChI is InChI=1S/C18H24F3N3O3S/c19-17(6-2-1-3-7-17)14-4-8-18(20,21)11-13(14)16(25)24-12-5-9-23-15(10-12)28(22,26)27/h5,9-10,13-14H,1-4,6-8,11H2,(H2,22,26,27)(H,23,24,25)/t13-,14-/m1/s1. The molecular formula is C18H24F3N3O3S. The van der Waals surface area contributed by atoms with Gasteiger partial charge in [0.2, 0.25) is 11.8 Å². The molecule has 0 bridgehead atoms. The van der Waals surface area contributed by atoms with Crippen molar-refractivity contribution >= 4 is 21.6 Å². The van der Waals surface area contributed by atoms with Gasteiger partial charge in [0.1, 0.15) is 5.67 Å². The Morgan fingerprint density at radius 2 is 1.86 bits per heavy atom. The number of halogens is 3. The maximum absolute atomic E-state index is 15.5. The first-order valence-electron chi connectivity index (χ1n) is 9.37. The van der Waals surface area contributed by atoms with Crippen LogP contribution in [0.3, 0.4) is 0 Å². The number of alkyl halides is 3. The van der Waals surface area contributed by atoms with Crippen LogP contribution in [0.2, 0.25) is 0 Å². The van der Waals surface area contributed by atoms with Gasteiger partial charge in [0, 0.05) is 42.6 Å². The largest absolute Gasteiger partial charge is 0.326 e. The van der Waals surface area contributed by atoms with Crippen LogP contribution in [0.4, 0.5) is 18.9 Å². The Labute approximate surface area is 162 Å². The quantitative estimate of drug-likeness (QED) is 0.781. The van der Waals surface area contributed by atoms with Gasteiger partial charge in [-0.25, -0.2) is 31.7 Å². The van der Waals surface area contributed by atoms with Gasteiger partial charge >= 0.3 is 0 Å². The first kappa shape index (κ1) is 21.0. The lowest BCUT2D eigenvalue weighted by atomic mass is 9.65. The van der Waals surface area contributed by atoms with Crippen LogP contribution in [0.5, 0.6) is 0 Å². The average Bonchev–Trinajstić information content (AvgIpc) is 2.61. The van der Waals surface area contributed by atoms with Crippen LogP contribution >= 0.6 is 0 Å². The van der Waals surface area contributed by atoms with Crippen LogP contribution in [-0.4, -0.2) is 30.9 Å². The number of aromatic nitrogens is 1. The molecule has 6 nitrogen and oxygen atoms in total. The number of nitrogens with zero attached hydrogens (tertiary/aromatic N) is 1. The first-order valence-corrected chi connectivity index (χ1v) is 10.9. The van der Waals surface area contributed by atoms with E-state index in [4.69, 9.17) is 5.14 Å². The number of anilines is 1. The normalized spacial score (nSPS) is 27.1. The van der Waals surface area contributed by atoms with Crippen molar-refractivity contribution in [2.75, 3.05) is 5.32 Å². The maximum atomic E-state index is 15.5. The van der Waals surface area contributed by atoms with E-state index in [9.17, 15) is 22.0 Å². The average molecular weight is 419 g/mol. The molecule has 2 atom stereocenters. The molecule has 1 heterocycles. The molecule has 1 aromatic rings. The molecule has 10 heteroatoms. The van der Waals surface area contributed by atoms with Crippen LogP contribution in [0.25, 0.3) is 0 Å². The molecule has 2 fully saturated rings.